The quantitative estimate of drug-likeness (QED) is 0.270. The number of likely N-dealkylation sites (tertiary alicyclic amines) is 1. The molecule has 2 saturated heterocycles. The van der Waals surface area contributed by atoms with Crippen molar-refractivity contribution in [2.75, 3.05) is 19.1 Å². The summed E-state index contributed by atoms with van der Waals surface area (Å²) in [6.07, 6.45) is 6.50. The lowest BCUT2D eigenvalue weighted by atomic mass is 9.50. The minimum atomic E-state index is -1.32. The third-order valence-electron chi connectivity index (χ3n) is 10.5. The molecule has 3 aromatic rings. The Balaban J connectivity index is 1.41. The number of nitrogens with one attached hydrogen (secondary N) is 1. The van der Waals surface area contributed by atoms with E-state index in [2.05, 4.69) is 5.43 Å². The predicted molar refractivity (Wildman–Crippen MR) is 176 cm³/mol. The molecular weight excluding hydrogens is 594 g/mol. The number of phenolic OH excluding ortho intramolecular Hbond substituents is 1. The normalized spacial score (nSPS) is 28.3. The molecule has 0 unspecified atom stereocenters. The molecule has 3 fully saturated rings. The fraction of sp³-hybridized carbons (Fsp3) is 0.316. The smallest absolute Gasteiger partial charge is 0.260 e. The lowest BCUT2D eigenvalue weighted by Gasteiger charge is -2.49. The molecule has 4 aliphatic rings. The summed E-state index contributed by atoms with van der Waals surface area (Å²) in [6, 6.07) is 21.9. The van der Waals surface area contributed by atoms with Crippen molar-refractivity contribution >= 4 is 35.4 Å². The maximum absolute atomic E-state index is 15.0. The lowest BCUT2D eigenvalue weighted by molar-refractivity contribution is -0.141. The van der Waals surface area contributed by atoms with E-state index in [9.17, 15) is 19.5 Å². The van der Waals surface area contributed by atoms with E-state index in [1.807, 2.05) is 79.7 Å². The summed E-state index contributed by atoms with van der Waals surface area (Å²) in [7, 11) is 1.48. The second kappa shape index (κ2) is 11.6. The molecule has 2 aliphatic heterocycles. The van der Waals surface area contributed by atoms with Crippen LogP contribution in [0.3, 0.4) is 0 Å². The van der Waals surface area contributed by atoms with Crippen LogP contribution in [0.1, 0.15) is 36.5 Å². The van der Waals surface area contributed by atoms with Gasteiger partial charge in [-0.3, -0.25) is 29.5 Å². The van der Waals surface area contributed by atoms with Crippen LogP contribution < -0.4 is 10.2 Å². The molecule has 0 bridgehead atoms. The highest BCUT2D eigenvalue weighted by molar-refractivity contribution is 6.13. The number of hydrogen-bond donors (Lipinski definition) is 2. The SMILES string of the molecule is CCN1C(=O)[C@H]2[C@H](CC=C3[C@H]2C[C@H]2C(=O)N(Nc4ccc(C)cc4)C(=O)[C@@]2(c2ccccc2)[C@H]3C=Cc2ccc(O)c(OC)c2)C1=O. The van der Waals surface area contributed by atoms with Crippen LogP contribution in [0.25, 0.3) is 6.08 Å². The molecule has 0 radical (unpaired) electrons. The number of methoxy groups -OCH3 is 1. The van der Waals surface area contributed by atoms with Gasteiger partial charge in [-0.05, 0) is 68.0 Å². The Kier molecular flexibility index (Phi) is 7.50. The molecule has 2 heterocycles. The summed E-state index contributed by atoms with van der Waals surface area (Å²) >= 11 is 0. The van der Waals surface area contributed by atoms with Crippen LogP contribution in [0.15, 0.2) is 90.5 Å². The van der Waals surface area contributed by atoms with Gasteiger partial charge in [0.2, 0.25) is 11.8 Å². The Morgan fingerprint density at radius 1 is 0.957 bits per heavy atom. The number of ether oxygens (including phenoxy) is 1. The number of benzene rings is 3. The maximum atomic E-state index is 15.0. The predicted octanol–water partition coefficient (Wildman–Crippen LogP) is 5.26. The van der Waals surface area contributed by atoms with Gasteiger partial charge in [0, 0.05) is 12.5 Å². The zero-order valence-electron chi connectivity index (χ0n) is 26.6. The van der Waals surface area contributed by atoms with Crippen molar-refractivity contribution in [3.63, 3.8) is 0 Å². The lowest BCUT2D eigenvalue weighted by Crippen LogP contribution is -2.54. The van der Waals surface area contributed by atoms with Crippen LogP contribution in [-0.2, 0) is 24.6 Å². The van der Waals surface area contributed by atoms with Gasteiger partial charge in [-0.1, -0.05) is 77.9 Å². The van der Waals surface area contributed by atoms with Gasteiger partial charge in [0.25, 0.3) is 11.8 Å². The van der Waals surface area contributed by atoms with Crippen molar-refractivity contribution in [3.05, 3.63) is 107 Å². The largest absolute Gasteiger partial charge is 0.504 e. The standard InChI is InChI=1S/C38H37N3O6/c1-4-40-34(43)27-17-16-26-28(33(27)36(40)45)21-30-35(44)41(39-25-14-10-22(2)11-15-25)37(46)38(30,24-8-6-5-7-9-24)29(26)18-12-23-13-19-31(42)32(20-23)47-3/h5-16,18-20,27-30,33,39,42H,4,17,21H2,1-3H3/t27-,28+,29-,30-,33-,38-/m0/s1. The van der Waals surface area contributed by atoms with E-state index in [1.165, 1.54) is 12.0 Å². The van der Waals surface area contributed by atoms with Gasteiger partial charge in [-0.15, -0.1) is 0 Å². The second-order valence-corrected chi connectivity index (χ2v) is 12.8. The van der Waals surface area contributed by atoms with Gasteiger partial charge < -0.3 is 9.84 Å². The molecular formula is C38H37N3O6. The minimum absolute atomic E-state index is 0.00325. The average molecular weight is 632 g/mol. The third kappa shape index (κ3) is 4.59. The number of phenols is 1. The Morgan fingerprint density at radius 3 is 2.40 bits per heavy atom. The molecule has 240 valence electrons. The summed E-state index contributed by atoms with van der Waals surface area (Å²) in [4.78, 5) is 58.1. The zero-order valence-corrected chi connectivity index (χ0v) is 26.6. The molecule has 2 aliphatic carbocycles. The number of aryl methyl sites for hydroxylation is 1. The number of fused-ring (bicyclic) bond motifs is 4. The Hall–Kier alpha value is -5.18. The number of imide groups is 2. The van der Waals surface area contributed by atoms with Crippen LogP contribution in [0.2, 0.25) is 0 Å². The number of allylic oxidation sites excluding steroid dienone is 3. The highest BCUT2D eigenvalue weighted by Gasteiger charge is 2.69. The van der Waals surface area contributed by atoms with E-state index in [-0.39, 0.29) is 35.8 Å². The molecule has 0 spiro atoms. The Labute approximate surface area is 273 Å². The zero-order chi connectivity index (χ0) is 33.0. The third-order valence-corrected chi connectivity index (χ3v) is 10.5. The van der Waals surface area contributed by atoms with Gasteiger partial charge in [-0.25, -0.2) is 0 Å². The van der Waals surface area contributed by atoms with Crippen molar-refractivity contribution in [2.24, 2.45) is 29.6 Å². The van der Waals surface area contributed by atoms with Gasteiger partial charge >= 0.3 is 0 Å². The average Bonchev–Trinajstić information content (AvgIpc) is 3.46. The molecule has 4 amide bonds. The fourth-order valence-electron chi connectivity index (χ4n) is 8.38. The monoisotopic (exact) mass is 631 g/mol. The first-order valence-electron chi connectivity index (χ1n) is 16.1. The van der Waals surface area contributed by atoms with E-state index < -0.39 is 35.0 Å². The molecule has 6 atom stereocenters. The molecule has 3 aromatic carbocycles. The van der Waals surface area contributed by atoms with Crippen LogP contribution >= 0.6 is 0 Å². The fourth-order valence-corrected chi connectivity index (χ4v) is 8.38. The summed E-state index contributed by atoms with van der Waals surface area (Å²) in [5, 5.41) is 11.4. The number of amides is 4. The molecule has 2 N–H and O–H groups in total. The second-order valence-electron chi connectivity index (χ2n) is 12.8. The van der Waals surface area contributed by atoms with E-state index in [1.54, 1.807) is 25.1 Å². The van der Waals surface area contributed by atoms with Crippen molar-refractivity contribution in [3.8, 4) is 11.5 Å². The first-order valence-corrected chi connectivity index (χ1v) is 16.1. The molecule has 0 aromatic heterocycles. The number of anilines is 1. The van der Waals surface area contributed by atoms with E-state index in [0.717, 1.165) is 21.7 Å². The van der Waals surface area contributed by atoms with Crippen LogP contribution in [0, 0.1) is 36.5 Å². The molecule has 9 nitrogen and oxygen atoms in total. The van der Waals surface area contributed by atoms with E-state index in [0.29, 0.717) is 30.0 Å². The number of carbonyl (C=O) groups is 4. The number of nitrogens with zero attached hydrogens (tertiary/aromatic N) is 2. The number of carbonyl (C=O) groups excluding carboxylic acids is 4. The van der Waals surface area contributed by atoms with Crippen molar-refractivity contribution < 1.29 is 29.0 Å². The van der Waals surface area contributed by atoms with Crippen LogP contribution in [0.5, 0.6) is 11.5 Å². The van der Waals surface area contributed by atoms with Gasteiger partial charge in [0.15, 0.2) is 11.5 Å². The number of hydrogen-bond acceptors (Lipinski definition) is 7. The molecule has 47 heavy (non-hydrogen) atoms. The molecule has 9 heteroatoms. The topological polar surface area (TPSA) is 116 Å². The summed E-state index contributed by atoms with van der Waals surface area (Å²) in [6.45, 7) is 4.06. The molecule has 1 saturated carbocycles. The van der Waals surface area contributed by atoms with Crippen molar-refractivity contribution in [2.45, 2.75) is 32.1 Å². The van der Waals surface area contributed by atoms with E-state index >= 15 is 4.79 Å². The van der Waals surface area contributed by atoms with Gasteiger partial charge in [0.05, 0.1) is 36.0 Å². The van der Waals surface area contributed by atoms with Gasteiger partial charge in [0.1, 0.15) is 0 Å². The van der Waals surface area contributed by atoms with Crippen molar-refractivity contribution in [1.82, 2.24) is 9.91 Å². The number of rotatable bonds is 7. The Morgan fingerprint density at radius 2 is 1.70 bits per heavy atom. The van der Waals surface area contributed by atoms with Crippen molar-refractivity contribution in [1.29, 1.82) is 0 Å². The van der Waals surface area contributed by atoms with Gasteiger partial charge in [-0.2, -0.15) is 5.01 Å². The highest BCUT2D eigenvalue weighted by Crippen LogP contribution is 2.61. The number of hydrazine groups is 1. The minimum Gasteiger partial charge on any atom is -0.504 e. The first-order chi connectivity index (χ1) is 22.7. The Bertz CT molecular complexity index is 1830. The van der Waals surface area contributed by atoms with Crippen LogP contribution in [-0.4, -0.2) is 52.3 Å². The summed E-state index contributed by atoms with van der Waals surface area (Å²) in [5.74, 6) is -3.71. The maximum Gasteiger partial charge on any atom is 0.260 e. The molecule has 7 rings (SSSR count). The first kappa shape index (κ1) is 30.5. The highest BCUT2D eigenvalue weighted by atomic mass is 16.5. The number of aromatic hydroxyl groups is 1. The van der Waals surface area contributed by atoms with E-state index in [4.69, 9.17) is 4.74 Å². The van der Waals surface area contributed by atoms with Crippen LogP contribution in [0.4, 0.5) is 5.69 Å². The summed E-state index contributed by atoms with van der Waals surface area (Å²) < 4.78 is 5.34. The summed E-state index contributed by atoms with van der Waals surface area (Å²) in [5.41, 5.74) is 5.77.